The van der Waals surface area contributed by atoms with Crippen LogP contribution >= 0.6 is 0 Å². The molecule has 0 amide bonds. The van der Waals surface area contributed by atoms with E-state index in [9.17, 15) is 9.50 Å². The smallest absolute Gasteiger partial charge is 0.225 e. The van der Waals surface area contributed by atoms with Crippen LogP contribution in [0, 0.1) is 5.82 Å². The van der Waals surface area contributed by atoms with Gasteiger partial charge in [-0.05, 0) is 23.1 Å². The molecule has 2 heterocycles. The molecule has 24 heavy (non-hydrogen) atoms. The van der Waals surface area contributed by atoms with E-state index in [1.807, 2.05) is 33.8 Å². The minimum Gasteiger partial charge on any atom is -0.468 e. The number of rotatable bonds is 3. The Morgan fingerprint density at radius 3 is 2.62 bits per heavy atom. The highest BCUT2D eigenvalue weighted by Crippen LogP contribution is 2.32. The first-order valence-corrected chi connectivity index (χ1v) is 8.22. The van der Waals surface area contributed by atoms with Crippen molar-refractivity contribution in [3.8, 4) is 5.88 Å². The molecule has 5 nitrogen and oxygen atoms in total. The van der Waals surface area contributed by atoms with Crippen molar-refractivity contribution in [3.05, 3.63) is 29.3 Å². The fourth-order valence-corrected chi connectivity index (χ4v) is 2.67. The van der Waals surface area contributed by atoms with Crippen LogP contribution in [0.1, 0.15) is 39.1 Å². The van der Waals surface area contributed by atoms with Gasteiger partial charge in [0.15, 0.2) is 6.10 Å². The molecule has 1 N–H and O–H groups in total. The van der Waals surface area contributed by atoms with Crippen molar-refractivity contribution in [2.24, 2.45) is 0 Å². The molecule has 0 spiro atoms. The van der Waals surface area contributed by atoms with Gasteiger partial charge in [0.25, 0.3) is 0 Å². The number of nitrogens with zero attached hydrogens (tertiary/aromatic N) is 2. The Labute approximate surface area is 140 Å². The van der Waals surface area contributed by atoms with Gasteiger partial charge in [0.1, 0.15) is 23.3 Å². The maximum atomic E-state index is 14.6. The van der Waals surface area contributed by atoms with E-state index in [4.69, 9.17) is 9.47 Å². The van der Waals surface area contributed by atoms with E-state index in [0.717, 1.165) is 5.56 Å². The van der Waals surface area contributed by atoms with Crippen LogP contribution in [0.4, 0.5) is 4.39 Å². The summed E-state index contributed by atoms with van der Waals surface area (Å²) in [4.78, 5) is 8.73. The SMILES string of the molecule is CCc1nc(OC2COCC2O)c2cc(C(C)(C)C)cc(F)c2n1. The summed E-state index contributed by atoms with van der Waals surface area (Å²) >= 11 is 0. The van der Waals surface area contributed by atoms with Crippen molar-refractivity contribution in [1.82, 2.24) is 9.97 Å². The van der Waals surface area contributed by atoms with Crippen LogP contribution < -0.4 is 4.74 Å². The molecule has 0 bridgehead atoms. The van der Waals surface area contributed by atoms with Crippen LogP contribution in [0.2, 0.25) is 0 Å². The average Bonchev–Trinajstić information content (AvgIpc) is 2.91. The summed E-state index contributed by atoms with van der Waals surface area (Å²) in [5, 5.41) is 10.4. The normalized spacial score (nSPS) is 21.4. The zero-order chi connectivity index (χ0) is 17.5. The van der Waals surface area contributed by atoms with Crippen molar-refractivity contribution in [3.63, 3.8) is 0 Å². The maximum absolute atomic E-state index is 14.6. The number of fused-ring (bicyclic) bond motifs is 1. The summed E-state index contributed by atoms with van der Waals surface area (Å²) < 4.78 is 25.7. The summed E-state index contributed by atoms with van der Waals surface area (Å²) in [6.07, 6.45) is -0.652. The van der Waals surface area contributed by atoms with Gasteiger partial charge in [0.05, 0.1) is 18.6 Å². The third-order valence-corrected chi connectivity index (χ3v) is 4.21. The first-order chi connectivity index (χ1) is 11.3. The first-order valence-electron chi connectivity index (χ1n) is 8.22. The minimum atomic E-state index is -0.712. The molecule has 1 aliphatic rings. The van der Waals surface area contributed by atoms with Crippen LogP contribution in [-0.4, -0.2) is 40.5 Å². The molecule has 3 rings (SSSR count). The third kappa shape index (κ3) is 3.21. The Hall–Kier alpha value is -1.79. The molecular weight excluding hydrogens is 311 g/mol. The number of aromatic nitrogens is 2. The quantitative estimate of drug-likeness (QED) is 0.935. The number of aryl methyl sites for hydroxylation is 1. The number of ether oxygens (including phenoxy) is 2. The fraction of sp³-hybridized carbons (Fsp3) is 0.556. The topological polar surface area (TPSA) is 64.5 Å². The molecule has 1 saturated heterocycles. The molecule has 2 unspecified atom stereocenters. The zero-order valence-corrected chi connectivity index (χ0v) is 14.5. The van der Waals surface area contributed by atoms with Gasteiger partial charge < -0.3 is 14.6 Å². The molecular formula is C18H23FN2O3. The second-order valence-electron chi connectivity index (χ2n) is 7.16. The maximum Gasteiger partial charge on any atom is 0.225 e. The van der Waals surface area contributed by atoms with Gasteiger partial charge in [-0.25, -0.2) is 9.37 Å². The van der Waals surface area contributed by atoms with E-state index < -0.39 is 12.2 Å². The highest BCUT2D eigenvalue weighted by Gasteiger charge is 2.30. The largest absolute Gasteiger partial charge is 0.468 e. The summed E-state index contributed by atoms with van der Waals surface area (Å²) in [5.74, 6) is 0.423. The molecule has 6 heteroatoms. The summed E-state index contributed by atoms with van der Waals surface area (Å²) in [7, 11) is 0. The van der Waals surface area contributed by atoms with E-state index in [2.05, 4.69) is 9.97 Å². The van der Waals surface area contributed by atoms with Crippen LogP contribution in [0.25, 0.3) is 10.9 Å². The van der Waals surface area contributed by atoms with Crippen molar-refractivity contribution in [2.45, 2.75) is 51.7 Å². The number of halogens is 1. The van der Waals surface area contributed by atoms with Gasteiger partial charge in [0.2, 0.25) is 5.88 Å². The molecule has 1 aromatic heterocycles. The predicted molar refractivity (Wildman–Crippen MR) is 88.8 cm³/mol. The lowest BCUT2D eigenvalue weighted by molar-refractivity contribution is 0.0712. The lowest BCUT2D eigenvalue weighted by Gasteiger charge is -2.21. The van der Waals surface area contributed by atoms with E-state index in [-0.39, 0.29) is 30.0 Å². The highest BCUT2D eigenvalue weighted by molar-refractivity contribution is 5.85. The van der Waals surface area contributed by atoms with Gasteiger partial charge in [-0.3, -0.25) is 0 Å². The van der Waals surface area contributed by atoms with E-state index in [1.54, 1.807) is 0 Å². The molecule has 1 aliphatic heterocycles. The van der Waals surface area contributed by atoms with Crippen molar-refractivity contribution < 1.29 is 19.0 Å². The van der Waals surface area contributed by atoms with Crippen LogP contribution in [0.5, 0.6) is 5.88 Å². The van der Waals surface area contributed by atoms with E-state index >= 15 is 0 Å². The molecule has 2 atom stereocenters. The van der Waals surface area contributed by atoms with Gasteiger partial charge in [-0.15, -0.1) is 0 Å². The van der Waals surface area contributed by atoms with E-state index in [0.29, 0.717) is 23.5 Å². The Balaban J connectivity index is 2.15. The highest BCUT2D eigenvalue weighted by atomic mass is 19.1. The summed E-state index contributed by atoms with van der Waals surface area (Å²) in [5.41, 5.74) is 0.873. The molecule has 2 aromatic rings. The Kier molecular flexibility index (Phi) is 4.44. The van der Waals surface area contributed by atoms with E-state index in [1.165, 1.54) is 6.07 Å². The number of hydrogen-bond acceptors (Lipinski definition) is 5. The monoisotopic (exact) mass is 334 g/mol. The van der Waals surface area contributed by atoms with Gasteiger partial charge >= 0.3 is 0 Å². The second kappa shape index (κ2) is 6.26. The molecule has 1 aromatic carbocycles. The van der Waals surface area contributed by atoms with Crippen LogP contribution in [-0.2, 0) is 16.6 Å². The van der Waals surface area contributed by atoms with Gasteiger partial charge in [-0.2, -0.15) is 4.98 Å². The lowest BCUT2D eigenvalue weighted by Crippen LogP contribution is -2.30. The molecule has 1 fully saturated rings. The number of aliphatic hydroxyl groups is 1. The standard InChI is InChI=1S/C18H23FN2O3/c1-5-15-20-16-11(6-10(7-12(16)19)18(2,3)4)17(21-15)24-14-9-23-8-13(14)22/h6-7,13-14,22H,5,8-9H2,1-4H3. The molecule has 0 aliphatic carbocycles. The lowest BCUT2D eigenvalue weighted by atomic mass is 9.86. The Bertz CT molecular complexity index is 758. The predicted octanol–water partition coefficient (Wildman–Crippen LogP) is 2.77. The van der Waals surface area contributed by atoms with Crippen LogP contribution in [0.3, 0.4) is 0 Å². The van der Waals surface area contributed by atoms with Crippen molar-refractivity contribution in [2.75, 3.05) is 13.2 Å². The Morgan fingerprint density at radius 2 is 2.04 bits per heavy atom. The zero-order valence-electron chi connectivity index (χ0n) is 14.5. The second-order valence-corrected chi connectivity index (χ2v) is 7.16. The molecule has 0 saturated carbocycles. The Morgan fingerprint density at radius 1 is 1.29 bits per heavy atom. The summed E-state index contributed by atoms with van der Waals surface area (Å²) in [6.45, 7) is 8.48. The van der Waals surface area contributed by atoms with Gasteiger partial charge in [-0.1, -0.05) is 27.7 Å². The first kappa shape index (κ1) is 17.0. The third-order valence-electron chi connectivity index (χ3n) is 4.21. The number of hydrogen-bond donors (Lipinski definition) is 1. The van der Waals surface area contributed by atoms with Crippen LogP contribution in [0.15, 0.2) is 12.1 Å². The number of aliphatic hydroxyl groups excluding tert-OH is 1. The van der Waals surface area contributed by atoms with Crippen molar-refractivity contribution in [1.29, 1.82) is 0 Å². The molecule has 0 radical (unpaired) electrons. The summed E-state index contributed by atoms with van der Waals surface area (Å²) in [6, 6.07) is 3.39. The average molecular weight is 334 g/mol. The number of benzene rings is 1. The molecule has 130 valence electrons. The van der Waals surface area contributed by atoms with Gasteiger partial charge in [0, 0.05) is 6.42 Å². The fourth-order valence-electron chi connectivity index (χ4n) is 2.67. The minimum absolute atomic E-state index is 0.217. The van der Waals surface area contributed by atoms with Crippen molar-refractivity contribution >= 4 is 10.9 Å².